The quantitative estimate of drug-likeness (QED) is 0.416. The molecule has 0 amide bonds. The third-order valence-corrected chi connectivity index (χ3v) is 6.29. The minimum Gasteiger partial charge on any atom is -0.480 e. The Morgan fingerprint density at radius 3 is 2.53 bits per heavy atom. The molecule has 0 aliphatic carbocycles. The maximum absolute atomic E-state index is 14.8. The number of ether oxygens (including phenoxy) is 1. The van der Waals surface area contributed by atoms with Gasteiger partial charge in [0.05, 0.1) is 5.56 Å². The van der Waals surface area contributed by atoms with E-state index in [-0.39, 0.29) is 30.9 Å². The van der Waals surface area contributed by atoms with Gasteiger partial charge in [0.15, 0.2) is 17.5 Å². The lowest BCUT2D eigenvalue weighted by Gasteiger charge is -2.39. The van der Waals surface area contributed by atoms with Gasteiger partial charge < -0.3 is 20.5 Å². The number of likely N-dealkylation sites (N-methyl/N-ethyl adjacent to an activating group) is 1. The molecular weight excluding hydrogens is 511 g/mol. The van der Waals surface area contributed by atoms with Crippen molar-refractivity contribution in [3.63, 3.8) is 0 Å². The van der Waals surface area contributed by atoms with Crippen LogP contribution >= 0.6 is 0 Å². The molecule has 2 heterocycles. The van der Waals surface area contributed by atoms with E-state index in [0.29, 0.717) is 36.3 Å². The van der Waals surface area contributed by atoms with Gasteiger partial charge in [0.1, 0.15) is 11.8 Å². The lowest BCUT2D eigenvalue weighted by Crippen LogP contribution is -2.57. The maximum atomic E-state index is 14.8. The van der Waals surface area contributed by atoms with Crippen molar-refractivity contribution in [1.82, 2.24) is 9.88 Å². The number of carboxylic acids is 1. The molecule has 4 rings (SSSR count). The first kappa shape index (κ1) is 27.3. The third-order valence-electron chi connectivity index (χ3n) is 6.29. The molecule has 0 spiro atoms. The van der Waals surface area contributed by atoms with Crippen LogP contribution in [0.3, 0.4) is 0 Å². The van der Waals surface area contributed by atoms with E-state index in [4.69, 9.17) is 10.5 Å². The van der Waals surface area contributed by atoms with Crippen LogP contribution in [0.2, 0.25) is 0 Å². The molecule has 202 valence electrons. The smallest absolute Gasteiger partial charge is 0.416 e. The Balaban J connectivity index is 1.74. The van der Waals surface area contributed by atoms with Gasteiger partial charge >= 0.3 is 12.1 Å². The number of halogens is 5. The van der Waals surface area contributed by atoms with Crippen LogP contribution < -0.4 is 15.4 Å². The molecule has 0 radical (unpaired) electrons. The van der Waals surface area contributed by atoms with Crippen LogP contribution in [0.1, 0.15) is 18.1 Å². The zero-order valence-electron chi connectivity index (χ0n) is 20.3. The molecule has 3 aromatic rings. The Kier molecular flexibility index (Phi) is 7.83. The Bertz CT molecular complexity index is 1330. The van der Waals surface area contributed by atoms with E-state index >= 15 is 0 Å². The fraction of sp³-hybridized carbons (Fsp3) is 0.308. The normalized spacial score (nSPS) is 16.5. The second-order valence-corrected chi connectivity index (χ2v) is 8.77. The van der Waals surface area contributed by atoms with E-state index in [1.54, 1.807) is 24.3 Å². The Hall–Kier alpha value is -3.77. The van der Waals surface area contributed by atoms with Crippen molar-refractivity contribution in [1.29, 1.82) is 0 Å². The maximum Gasteiger partial charge on any atom is 0.416 e. The average molecular weight is 537 g/mol. The molecule has 12 heteroatoms. The number of anilines is 1. The van der Waals surface area contributed by atoms with Gasteiger partial charge in [0.2, 0.25) is 0 Å². The number of nitrogens with two attached hydrogens (primary N) is 1. The summed E-state index contributed by atoms with van der Waals surface area (Å²) in [5.74, 6) is -5.23. The summed E-state index contributed by atoms with van der Waals surface area (Å²) in [4.78, 5) is 18.8. The van der Waals surface area contributed by atoms with Crippen LogP contribution in [0, 0.1) is 11.6 Å². The molecule has 0 saturated carbocycles. The zero-order valence-corrected chi connectivity index (χ0v) is 20.3. The summed E-state index contributed by atoms with van der Waals surface area (Å²) in [7, 11) is 0. The van der Waals surface area contributed by atoms with E-state index in [0.717, 1.165) is 6.07 Å². The second-order valence-electron chi connectivity index (χ2n) is 8.77. The topological polar surface area (TPSA) is 91.9 Å². The van der Waals surface area contributed by atoms with Crippen molar-refractivity contribution in [2.24, 2.45) is 5.73 Å². The van der Waals surface area contributed by atoms with Crippen molar-refractivity contribution in [2.75, 3.05) is 31.1 Å². The number of aliphatic carboxylic acids is 1. The number of nitrogens with zero attached hydrogens (tertiary/aromatic N) is 3. The van der Waals surface area contributed by atoms with Crippen molar-refractivity contribution in [3.8, 4) is 22.8 Å². The Morgan fingerprint density at radius 2 is 1.87 bits per heavy atom. The van der Waals surface area contributed by atoms with E-state index < -0.39 is 47.1 Å². The first-order chi connectivity index (χ1) is 18.0. The summed E-state index contributed by atoms with van der Waals surface area (Å²) in [6.45, 7) is 3.19. The lowest BCUT2D eigenvalue weighted by atomic mass is 10.0. The minimum absolute atomic E-state index is 0.0827. The molecule has 7 nitrogen and oxygen atoms in total. The minimum atomic E-state index is -4.74. The number of hydrogen-bond donors (Lipinski definition) is 2. The molecule has 1 unspecified atom stereocenters. The van der Waals surface area contributed by atoms with Gasteiger partial charge in [-0.15, -0.1) is 0 Å². The SMILES string of the molecule is CCN1CCN(c2nc(Oc3cc(-c4cccc(CN)c4)cc(C(F)(F)F)c3)c(F)cc2F)C(C(=O)O)C1. The van der Waals surface area contributed by atoms with Crippen molar-refractivity contribution in [3.05, 3.63) is 71.3 Å². The van der Waals surface area contributed by atoms with Gasteiger partial charge in [-0.05, 0) is 47.5 Å². The van der Waals surface area contributed by atoms with Gasteiger partial charge in [0.25, 0.3) is 5.88 Å². The number of hydrogen-bond acceptors (Lipinski definition) is 6. The summed E-state index contributed by atoms with van der Waals surface area (Å²) < 4.78 is 76.0. The molecule has 2 aromatic carbocycles. The Labute approximate surface area is 215 Å². The van der Waals surface area contributed by atoms with Crippen LogP contribution in [0.4, 0.5) is 27.8 Å². The van der Waals surface area contributed by atoms with Gasteiger partial charge in [-0.3, -0.25) is 4.90 Å². The summed E-state index contributed by atoms with van der Waals surface area (Å²) in [5.41, 5.74) is 5.85. The Morgan fingerprint density at radius 1 is 1.11 bits per heavy atom. The van der Waals surface area contributed by atoms with Crippen molar-refractivity contribution in [2.45, 2.75) is 25.7 Å². The molecule has 1 saturated heterocycles. The molecule has 0 bridgehead atoms. The van der Waals surface area contributed by atoms with E-state index in [1.807, 2.05) is 11.8 Å². The summed E-state index contributed by atoms with van der Waals surface area (Å²) in [6.07, 6.45) is -4.74. The summed E-state index contributed by atoms with van der Waals surface area (Å²) in [5, 5.41) is 9.68. The first-order valence-electron chi connectivity index (χ1n) is 11.8. The van der Waals surface area contributed by atoms with E-state index in [1.165, 1.54) is 11.0 Å². The number of benzene rings is 2. The van der Waals surface area contributed by atoms with Crippen LogP contribution in [-0.2, 0) is 17.5 Å². The second kappa shape index (κ2) is 10.9. The van der Waals surface area contributed by atoms with Crippen LogP contribution in [0.5, 0.6) is 11.6 Å². The summed E-state index contributed by atoms with van der Waals surface area (Å²) in [6, 6.07) is 8.76. The number of pyridine rings is 1. The van der Waals surface area contributed by atoms with Gasteiger partial charge in [0, 0.05) is 32.2 Å². The largest absolute Gasteiger partial charge is 0.480 e. The van der Waals surface area contributed by atoms with E-state index in [9.17, 15) is 31.9 Å². The fourth-order valence-corrected chi connectivity index (χ4v) is 4.28. The fourth-order valence-electron chi connectivity index (χ4n) is 4.28. The van der Waals surface area contributed by atoms with Gasteiger partial charge in [-0.2, -0.15) is 18.2 Å². The van der Waals surface area contributed by atoms with Gasteiger partial charge in [-0.25, -0.2) is 13.6 Å². The molecule has 3 N–H and O–H groups in total. The highest BCUT2D eigenvalue weighted by atomic mass is 19.4. The number of alkyl halides is 3. The summed E-state index contributed by atoms with van der Waals surface area (Å²) >= 11 is 0. The molecule has 1 aliphatic rings. The standard InChI is InChI=1S/C26H25F5N4O3/c1-2-34-6-7-35(22(14-34)25(36)37)23-20(27)12-21(28)24(33-23)38-19-10-17(9-18(11-19)26(29,30)31)16-5-3-4-15(8-16)13-32/h3-5,8-12,22H,2,6-7,13-14,32H2,1H3,(H,36,37). The number of piperazine rings is 1. The third kappa shape index (κ3) is 5.86. The number of carboxylic acid groups (broad SMARTS) is 1. The van der Waals surface area contributed by atoms with Crippen LogP contribution in [-0.4, -0.2) is 53.2 Å². The predicted octanol–water partition coefficient (Wildman–Crippen LogP) is 4.89. The van der Waals surface area contributed by atoms with Crippen molar-refractivity contribution >= 4 is 11.8 Å². The molecule has 1 fully saturated rings. The van der Waals surface area contributed by atoms with Crippen LogP contribution in [0.15, 0.2) is 48.5 Å². The first-order valence-corrected chi connectivity index (χ1v) is 11.8. The lowest BCUT2D eigenvalue weighted by molar-refractivity contribution is -0.139. The highest BCUT2D eigenvalue weighted by molar-refractivity contribution is 5.78. The van der Waals surface area contributed by atoms with Gasteiger partial charge in [-0.1, -0.05) is 25.1 Å². The number of carbonyl (C=O) groups is 1. The number of aromatic nitrogens is 1. The van der Waals surface area contributed by atoms with Crippen molar-refractivity contribution < 1.29 is 36.6 Å². The molecule has 1 aromatic heterocycles. The molecule has 38 heavy (non-hydrogen) atoms. The predicted molar refractivity (Wildman–Crippen MR) is 130 cm³/mol. The molecule has 1 atom stereocenters. The number of rotatable bonds is 7. The average Bonchev–Trinajstić information content (AvgIpc) is 2.89. The van der Waals surface area contributed by atoms with Crippen LogP contribution in [0.25, 0.3) is 11.1 Å². The monoisotopic (exact) mass is 536 g/mol. The highest BCUT2D eigenvalue weighted by Gasteiger charge is 2.35. The molecular formula is C26H25F5N4O3. The highest BCUT2D eigenvalue weighted by Crippen LogP contribution is 2.38. The van der Waals surface area contributed by atoms with E-state index in [2.05, 4.69) is 4.98 Å². The zero-order chi connectivity index (χ0) is 27.6. The molecule has 1 aliphatic heterocycles.